The van der Waals surface area contributed by atoms with Gasteiger partial charge >= 0.3 is 0 Å². The van der Waals surface area contributed by atoms with E-state index in [4.69, 9.17) is 14.2 Å². The molecule has 0 amide bonds. The van der Waals surface area contributed by atoms with Crippen molar-refractivity contribution >= 4 is 11.9 Å². The maximum atomic E-state index is 12.6. The van der Waals surface area contributed by atoms with Crippen LogP contribution in [0.2, 0.25) is 0 Å². The summed E-state index contributed by atoms with van der Waals surface area (Å²) in [5, 5.41) is 0. The van der Waals surface area contributed by atoms with Crippen LogP contribution in [0, 0.1) is 0 Å². The van der Waals surface area contributed by atoms with Gasteiger partial charge in [0.15, 0.2) is 5.78 Å². The fourth-order valence-electron chi connectivity index (χ4n) is 3.10. The number of rotatable bonds is 8. The lowest BCUT2D eigenvalue weighted by atomic mass is 10.0. The summed E-state index contributed by atoms with van der Waals surface area (Å²) in [6.45, 7) is 14.3. The van der Waals surface area contributed by atoms with Gasteiger partial charge in [-0.3, -0.25) is 4.79 Å². The summed E-state index contributed by atoms with van der Waals surface area (Å²) in [5.74, 6) is 2.25. The van der Waals surface area contributed by atoms with E-state index in [1.807, 2.05) is 59.8 Å². The minimum atomic E-state index is -0.344. The smallest absolute Gasteiger partial charge is 0.185 e. The van der Waals surface area contributed by atoms with Gasteiger partial charge in [0, 0.05) is 11.1 Å². The highest BCUT2D eigenvalue weighted by atomic mass is 16.5. The van der Waals surface area contributed by atoms with Crippen LogP contribution >= 0.6 is 0 Å². The molecule has 0 radical (unpaired) electrons. The Hall–Kier alpha value is -2.75. The molecule has 2 rings (SSSR count). The van der Waals surface area contributed by atoms with E-state index in [2.05, 4.69) is 6.92 Å². The minimum absolute atomic E-state index is 0.0723. The number of methoxy groups -OCH3 is 1. The molecule has 2 aromatic carbocycles. The molecule has 0 aliphatic carbocycles. The standard InChI is InChI=1S/C27H36O4/c1-9-10-22-24(30-26(2,3)4)17-19(18-25(22)31-27(5,6)7)11-16-23(28)20-12-14-21(29-8)15-13-20/h11-18H,9-10H2,1-8H3/b16-11+. The van der Waals surface area contributed by atoms with Crippen molar-refractivity contribution in [3.63, 3.8) is 0 Å². The van der Waals surface area contributed by atoms with Gasteiger partial charge < -0.3 is 14.2 Å². The number of ether oxygens (including phenoxy) is 3. The molecular formula is C27H36O4. The predicted molar refractivity (Wildman–Crippen MR) is 128 cm³/mol. The monoisotopic (exact) mass is 424 g/mol. The van der Waals surface area contributed by atoms with Crippen LogP contribution in [0.3, 0.4) is 0 Å². The van der Waals surface area contributed by atoms with Gasteiger partial charge in [0.1, 0.15) is 28.5 Å². The van der Waals surface area contributed by atoms with E-state index in [1.165, 1.54) is 0 Å². The molecule has 4 nitrogen and oxygen atoms in total. The first-order valence-corrected chi connectivity index (χ1v) is 10.8. The van der Waals surface area contributed by atoms with E-state index in [9.17, 15) is 4.79 Å². The largest absolute Gasteiger partial charge is 0.497 e. The van der Waals surface area contributed by atoms with Crippen molar-refractivity contribution < 1.29 is 19.0 Å². The van der Waals surface area contributed by atoms with E-state index in [0.29, 0.717) is 5.56 Å². The highest BCUT2D eigenvalue weighted by Gasteiger charge is 2.21. The Bertz CT molecular complexity index is 873. The van der Waals surface area contributed by atoms with Crippen LogP contribution in [0.5, 0.6) is 17.2 Å². The predicted octanol–water partition coefficient (Wildman–Crippen LogP) is 6.90. The zero-order valence-corrected chi connectivity index (χ0v) is 20.2. The van der Waals surface area contributed by atoms with E-state index in [0.717, 1.165) is 41.2 Å². The molecule has 31 heavy (non-hydrogen) atoms. The molecule has 0 aliphatic heterocycles. The highest BCUT2D eigenvalue weighted by molar-refractivity contribution is 6.06. The first kappa shape index (κ1) is 24.5. The van der Waals surface area contributed by atoms with Crippen LogP contribution in [-0.4, -0.2) is 24.1 Å². The van der Waals surface area contributed by atoms with Gasteiger partial charge in [-0.1, -0.05) is 19.4 Å². The second-order valence-corrected chi connectivity index (χ2v) is 9.60. The molecule has 0 spiro atoms. The van der Waals surface area contributed by atoms with Crippen LogP contribution in [0.1, 0.15) is 76.4 Å². The summed E-state index contributed by atoms with van der Waals surface area (Å²) in [4.78, 5) is 12.6. The van der Waals surface area contributed by atoms with E-state index in [1.54, 1.807) is 37.5 Å². The lowest BCUT2D eigenvalue weighted by molar-refractivity contribution is 0.104. The molecular weight excluding hydrogens is 388 g/mol. The Morgan fingerprint density at radius 2 is 1.42 bits per heavy atom. The summed E-state index contributed by atoms with van der Waals surface area (Å²) in [7, 11) is 1.60. The van der Waals surface area contributed by atoms with Crippen molar-refractivity contribution in [3.8, 4) is 17.2 Å². The zero-order valence-electron chi connectivity index (χ0n) is 20.2. The molecule has 0 saturated heterocycles. The van der Waals surface area contributed by atoms with Crippen LogP contribution in [0.25, 0.3) is 6.08 Å². The number of benzene rings is 2. The van der Waals surface area contributed by atoms with Gasteiger partial charge in [-0.15, -0.1) is 0 Å². The Morgan fingerprint density at radius 3 is 1.84 bits per heavy atom. The number of hydrogen-bond acceptors (Lipinski definition) is 4. The highest BCUT2D eigenvalue weighted by Crippen LogP contribution is 2.36. The van der Waals surface area contributed by atoms with Gasteiger partial charge in [0.25, 0.3) is 0 Å². The summed E-state index contributed by atoms with van der Waals surface area (Å²) in [5.41, 5.74) is 1.84. The molecule has 0 aliphatic rings. The summed E-state index contributed by atoms with van der Waals surface area (Å²) < 4.78 is 17.7. The van der Waals surface area contributed by atoms with E-state index in [-0.39, 0.29) is 17.0 Å². The molecule has 0 fully saturated rings. The van der Waals surface area contributed by atoms with Crippen LogP contribution < -0.4 is 14.2 Å². The molecule has 2 aromatic rings. The topological polar surface area (TPSA) is 44.8 Å². The van der Waals surface area contributed by atoms with Crippen LogP contribution in [0.4, 0.5) is 0 Å². The zero-order chi connectivity index (χ0) is 23.2. The van der Waals surface area contributed by atoms with Crippen molar-refractivity contribution in [3.05, 3.63) is 59.2 Å². The second kappa shape index (κ2) is 10.0. The number of ketones is 1. The molecule has 0 aromatic heterocycles. The van der Waals surface area contributed by atoms with E-state index < -0.39 is 0 Å². The molecule has 168 valence electrons. The minimum Gasteiger partial charge on any atom is -0.497 e. The van der Waals surface area contributed by atoms with Gasteiger partial charge in [-0.05, 0) is 96.0 Å². The Morgan fingerprint density at radius 1 is 0.903 bits per heavy atom. The fraction of sp³-hybridized carbons (Fsp3) is 0.444. The fourth-order valence-corrected chi connectivity index (χ4v) is 3.10. The Balaban J connectivity index is 2.44. The van der Waals surface area contributed by atoms with Crippen molar-refractivity contribution in [2.24, 2.45) is 0 Å². The molecule has 0 heterocycles. The first-order chi connectivity index (χ1) is 14.4. The second-order valence-electron chi connectivity index (χ2n) is 9.60. The van der Waals surface area contributed by atoms with Crippen molar-refractivity contribution in [1.82, 2.24) is 0 Å². The lowest BCUT2D eigenvalue weighted by Crippen LogP contribution is -2.26. The number of carbonyl (C=O) groups excluding carboxylic acids is 1. The maximum absolute atomic E-state index is 12.6. The molecule has 0 atom stereocenters. The number of allylic oxidation sites excluding steroid dienone is 1. The van der Waals surface area contributed by atoms with Crippen LogP contribution in [0.15, 0.2) is 42.5 Å². The quantitative estimate of drug-likeness (QED) is 0.341. The summed E-state index contributed by atoms with van der Waals surface area (Å²) in [6, 6.07) is 11.1. The average molecular weight is 425 g/mol. The molecule has 0 N–H and O–H groups in total. The van der Waals surface area contributed by atoms with Gasteiger partial charge in [-0.25, -0.2) is 0 Å². The van der Waals surface area contributed by atoms with Gasteiger partial charge in [0.2, 0.25) is 0 Å². The third-order valence-electron chi connectivity index (χ3n) is 4.32. The molecule has 4 heteroatoms. The van der Waals surface area contributed by atoms with Gasteiger partial charge in [0.05, 0.1) is 7.11 Å². The third-order valence-corrected chi connectivity index (χ3v) is 4.32. The molecule has 0 bridgehead atoms. The Labute approximate surface area is 187 Å². The normalized spacial score (nSPS) is 12.1. The van der Waals surface area contributed by atoms with Crippen molar-refractivity contribution in [2.45, 2.75) is 72.5 Å². The maximum Gasteiger partial charge on any atom is 0.185 e. The Kier molecular flexibility index (Phi) is 7.94. The third kappa shape index (κ3) is 7.78. The van der Waals surface area contributed by atoms with Crippen molar-refractivity contribution in [2.75, 3.05) is 7.11 Å². The average Bonchev–Trinajstić information content (AvgIpc) is 2.66. The van der Waals surface area contributed by atoms with Crippen LogP contribution in [-0.2, 0) is 6.42 Å². The first-order valence-electron chi connectivity index (χ1n) is 10.8. The number of carbonyl (C=O) groups is 1. The SMILES string of the molecule is CCCc1c(OC(C)(C)C)cc(/C=C/C(=O)c2ccc(OC)cc2)cc1OC(C)(C)C. The summed E-state index contributed by atoms with van der Waals surface area (Å²) >= 11 is 0. The molecule has 0 unspecified atom stereocenters. The summed E-state index contributed by atoms with van der Waals surface area (Å²) in [6.07, 6.45) is 5.23. The van der Waals surface area contributed by atoms with E-state index >= 15 is 0 Å². The van der Waals surface area contributed by atoms with Gasteiger partial charge in [-0.2, -0.15) is 0 Å². The lowest BCUT2D eigenvalue weighted by Gasteiger charge is -2.28. The number of hydrogen-bond donors (Lipinski definition) is 0. The molecule has 0 saturated carbocycles. The van der Waals surface area contributed by atoms with Crippen molar-refractivity contribution in [1.29, 1.82) is 0 Å².